The van der Waals surface area contributed by atoms with Crippen LogP contribution in [0.25, 0.3) is 0 Å². The molecular formula is C29H32N2O2. The zero-order valence-electron chi connectivity index (χ0n) is 19.0. The molecule has 5 rings (SSSR count). The van der Waals surface area contributed by atoms with Gasteiger partial charge in [0.1, 0.15) is 5.75 Å². The number of rotatable bonds is 7. The first-order chi connectivity index (χ1) is 16.2. The highest BCUT2D eigenvalue weighted by Crippen LogP contribution is 2.48. The number of phenols is 1. The third kappa shape index (κ3) is 4.40. The molecular weight excluding hydrogens is 408 g/mol. The van der Waals surface area contributed by atoms with Gasteiger partial charge in [0.25, 0.3) is 5.91 Å². The summed E-state index contributed by atoms with van der Waals surface area (Å²) < 4.78 is 0. The number of carbonyl (C=O) groups is 1. The van der Waals surface area contributed by atoms with Crippen molar-refractivity contribution >= 4 is 5.91 Å². The van der Waals surface area contributed by atoms with E-state index in [2.05, 4.69) is 46.6 Å². The number of phenolic OH excluding ortho intramolecular Hbond substituents is 1. The van der Waals surface area contributed by atoms with Crippen LogP contribution in [-0.2, 0) is 6.42 Å². The second kappa shape index (κ2) is 9.40. The summed E-state index contributed by atoms with van der Waals surface area (Å²) >= 11 is 0. The van der Waals surface area contributed by atoms with E-state index in [0.29, 0.717) is 12.0 Å². The number of hydrogen-bond donors (Lipinski definition) is 2. The first kappa shape index (κ1) is 21.7. The smallest absolute Gasteiger partial charge is 0.252 e. The molecule has 1 aliphatic carbocycles. The minimum Gasteiger partial charge on any atom is -0.508 e. The number of amides is 1. The van der Waals surface area contributed by atoms with Crippen molar-refractivity contribution in [3.8, 4) is 5.75 Å². The number of carbonyl (C=O) groups excluding carboxylic acids is 1. The van der Waals surface area contributed by atoms with Gasteiger partial charge in [0, 0.05) is 11.1 Å². The van der Waals surface area contributed by atoms with Crippen molar-refractivity contribution in [1.82, 2.24) is 10.2 Å². The van der Waals surface area contributed by atoms with E-state index in [1.807, 2.05) is 24.3 Å². The van der Waals surface area contributed by atoms with Gasteiger partial charge in [0.15, 0.2) is 0 Å². The number of benzene rings is 3. The van der Waals surface area contributed by atoms with E-state index in [9.17, 15) is 9.90 Å². The van der Waals surface area contributed by atoms with Gasteiger partial charge < -0.3 is 10.4 Å². The molecule has 1 saturated heterocycles. The fourth-order valence-electron chi connectivity index (χ4n) is 5.63. The summed E-state index contributed by atoms with van der Waals surface area (Å²) in [7, 11) is 0. The lowest BCUT2D eigenvalue weighted by Crippen LogP contribution is -2.60. The molecule has 170 valence electrons. The van der Waals surface area contributed by atoms with E-state index in [-0.39, 0.29) is 23.2 Å². The van der Waals surface area contributed by atoms with Crippen LogP contribution in [0.4, 0.5) is 0 Å². The summed E-state index contributed by atoms with van der Waals surface area (Å²) in [5, 5.41) is 13.6. The average Bonchev–Trinajstić information content (AvgIpc) is 3.34. The molecule has 1 amide bonds. The van der Waals surface area contributed by atoms with Crippen molar-refractivity contribution in [2.75, 3.05) is 13.1 Å². The fourth-order valence-corrected chi connectivity index (χ4v) is 5.63. The van der Waals surface area contributed by atoms with Crippen LogP contribution in [0.15, 0.2) is 78.9 Å². The van der Waals surface area contributed by atoms with Gasteiger partial charge >= 0.3 is 0 Å². The molecule has 2 N–H and O–H groups in total. The van der Waals surface area contributed by atoms with Gasteiger partial charge in [-0.2, -0.15) is 0 Å². The Morgan fingerprint density at radius 1 is 0.909 bits per heavy atom. The molecule has 0 radical (unpaired) electrons. The van der Waals surface area contributed by atoms with Gasteiger partial charge in [-0.1, -0.05) is 60.7 Å². The first-order valence-corrected chi connectivity index (χ1v) is 12.1. The van der Waals surface area contributed by atoms with Gasteiger partial charge in [-0.05, 0) is 86.5 Å². The van der Waals surface area contributed by atoms with E-state index < -0.39 is 0 Å². The molecule has 2 aliphatic rings. The monoisotopic (exact) mass is 440 g/mol. The molecule has 3 aromatic rings. The van der Waals surface area contributed by atoms with Crippen LogP contribution < -0.4 is 5.32 Å². The molecule has 0 spiro atoms. The van der Waals surface area contributed by atoms with E-state index in [1.54, 1.807) is 18.2 Å². The Balaban J connectivity index is 1.47. The van der Waals surface area contributed by atoms with E-state index in [0.717, 1.165) is 37.1 Å². The maximum Gasteiger partial charge on any atom is 0.252 e. The highest BCUT2D eigenvalue weighted by Gasteiger charge is 2.50. The van der Waals surface area contributed by atoms with Crippen LogP contribution in [-0.4, -0.2) is 34.5 Å². The van der Waals surface area contributed by atoms with Crippen molar-refractivity contribution in [2.45, 2.75) is 50.1 Å². The average molecular weight is 441 g/mol. The number of nitrogens with zero attached hydrogens (tertiary/aromatic N) is 1. The van der Waals surface area contributed by atoms with Crippen LogP contribution in [0.2, 0.25) is 0 Å². The van der Waals surface area contributed by atoms with Crippen LogP contribution in [0.3, 0.4) is 0 Å². The Morgan fingerprint density at radius 3 is 2.21 bits per heavy atom. The topological polar surface area (TPSA) is 52.6 Å². The van der Waals surface area contributed by atoms with Gasteiger partial charge in [-0.25, -0.2) is 0 Å². The van der Waals surface area contributed by atoms with Crippen molar-refractivity contribution < 1.29 is 9.90 Å². The zero-order valence-corrected chi connectivity index (χ0v) is 19.0. The van der Waals surface area contributed by atoms with E-state index in [1.165, 1.54) is 24.8 Å². The molecule has 1 heterocycles. The standard InChI is InChI=1S/C29H32N2O2/c32-25-14-15-26(24(21-25)20-22-10-3-1-4-11-22)28(33)30-27(23-12-5-2-6-13-23)29(16-9-17-29)31-18-7-8-19-31/h1-6,10-15,21,27,32H,7-9,16-20H2,(H,30,33). The van der Waals surface area contributed by atoms with Gasteiger partial charge in [0.05, 0.1) is 6.04 Å². The summed E-state index contributed by atoms with van der Waals surface area (Å²) in [6.45, 7) is 2.22. The quantitative estimate of drug-likeness (QED) is 0.512. The minimum atomic E-state index is -0.0692. The Hall–Kier alpha value is -3.11. The van der Waals surface area contributed by atoms with Crippen LogP contribution in [0, 0.1) is 0 Å². The minimum absolute atomic E-state index is 0.00989. The first-order valence-electron chi connectivity index (χ1n) is 12.1. The molecule has 2 fully saturated rings. The number of likely N-dealkylation sites (tertiary alicyclic amines) is 1. The second-order valence-corrected chi connectivity index (χ2v) is 9.47. The fraction of sp³-hybridized carbons (Fsp3) is 0.345. The molecule has 33 heavy (non-hydrogen) atoms. The highest BCUT2D eigenvalue weighted by atomic mass is 16.3. The summed E-state index contributed by atoms with van der Waals surface area (Å²) in [6, 6.07) is 25.6. The lowest BCUT2D eigenvalue weighted by Gasteiger charge is -2.54. The van der Waals surface area contributed by atoms with Gasteiger partial charge in [-0.3, -0.25) is 9.69 Å². The molecule has 0 aromatic heterocycles. The summed E-state index contributed by atoms with van der Waals surface area (Å²) in [6.07, 6.45) is 6.49. The van der Waals surface area contributed by atoms with Crippen molar-refractivity contribution in [2.24, 2.45) is 0 Å². The maximum absolute atomic E-state index is 13.7. The molecule has 4 heteroatoms. The molecule has 3 aromatic carbocycles. The zero-order chi connectivity index (χ0) is 22.7. The highest BCUT2D eigenvalue weighted by molar-refractivity contribution is 5.96. The molecule has 0 bridgehead atoms. The summed E-state index contributed by atoms with van der Waals surface area (Å²) in [4.78, 5) is 16.4. The van der Waals surface area contributed by atoms with Crippen molar-refractivity contribution in [1.29, 1.82) is 0 Å². The number of nitrogens with one attached hydrogen (secondary N) is 1. The van der Waals surface area contributed by atoms with Crippen molar-refractivity contribution in [3.63, 3.8) is 0 Å². The predicted octanol–water partition coefficient (Wildman–Crippen LogP) is 5.47. The maximum atomic E-state index is 13.7. The lowest BCUT2D eigenvalue weighted by atomic mass is 9.68. The molecule has 4 nitrogen and oxygen atoms in total. The molecule has 1 aliphatic heterocycles. The normalized spacial score (nSPS) is 18.4. The Labute approximate surface area is 196 Å². The van der Waals surface area contributed by atoms with Gasteiger partial charge in [0.2, 0.25) is 0 Å². The third-order valence-electron chi connectivity index (χ3n) is 7.47. The van der Waals surface area contributed by atoms with E-state index in [4.69, 9.17) is 0 Å². The molecule has 1 saturated carbocycles. The third-order valence-corrected chi connectivity index (χ3v) is 7.47. The predicted molar refractivity (Wildman–Crippen MR) is 131 cm³/mol. The Morgan fingerprint density at radius 2 is 1.58 bits per heavy atom. The van der Waals surface area contributed by atoms with E-state index >= 15 is 0 Å². The molecule has 1 unspecified atom stereocenters. The Bertz CT molecular complexity index is 1090. The SMILES string of the molecule is O=C(NC(c1ccccc1)C1(N2CCCC2)CCC1)c1ccc(O)cc1Cc1ccccc1. The van der Waals surface area contributed by atoms with Crippen LogP contribution in [0.1, 0.15) is 65.2 Å². The summed E-state index contributed by atoms with van der Waals surface area (Å²) in [5.41, 5.74) is 3.75. The van der Waals surface area contributed by atoms with Crippen LogP contribution in [0.5, 0.6) is 5.75 Å². The second-order valence-electron chi connectivity index (χ2n) is 9.47. The number of hydrogen-bond acceptors (Lipinski definition) is 3. The van der Waals surface area contributed by atoms with Crippen molar-refractivity contribution in [3.05, 3.63) is 101 Å². The lowest BCUT2D eigenvalue weighted by molar-refractivity contribution is -0.000439. The van der Waals surface area contributed by atoms with Crippen LogP contribution >= 0.6 is 0 Å². The largest absolute Gasteiger partial charge is 0.508 e. The van der Waals surface area contributed by atoms with Gasteiger partial charge in [-0.15, -0.1) is 0 Å². The number of aromatic hydroxyl groups is 1. The molecule has 1 atom stereocenters. The Kier molecular flexibility index (Phi) is 6.19. The summed E-state index contributed by atoms with van der Waals surface area (Å²) in [5.74, 6) is 0.116.